The fraction of sp³-hybridized carbons (Fsp3) is 0.444. The SMILES string of the molecule is COC(=O)c1cc2nc(Cl)c(NNC(=O)C3CCC(F)(F)CC3)nc2cc1C. The molecule has 3 rings (SSSR count). The Balaban J connectivity index is 1.74. The van der Waals surface area contributed by atoms with Crippen LogP contribution in [0.5, 0.6) is 0 Å². The lowest BCUT2D eigenvalue weighted by molar-refractivity contribution is -0.128. The van der Waals surface area contributed by atoms with Gasteiger partial charge in [0.15, 0.2) is 11.0 Å². The molecule has 0 bridgehead atoms. The fourth-order valence-electron chi connectivity index (χ4n) is 3.12. The van der Waals surface area contributed by atoms with Gasteiger partial charge < -0.3 is 4.74 Å². The van der Waals surface area contributed by atoms with Gasteiger partial charge in [-0.05, 0) is 37.5 Å². The van der Waals surface area contributed by atoms with Gasteiger partial charge in [0, 0.05) is 18.8 Å². The smallest absolute Gasteiger partial charge is 0.338 e. The quantitative estimate of drug-likeness (QED) is 0.588. The van der Waals surface area contributed by atoms with Gasteiger partial charge in [-0.25, -0.2) is 23.5 Å². The molecule has 150 valence electrons. The van der Waals surface area contributed by atoms with Crippen LogP contribution in [0.3, 0.4) is 0 Å². The Hall–Kier alpha value is -2.55. The van der Waals surface area contributed by atoms with Gasteiger partial charge in [-0.1, -0.05) is 11.6 Å². The van der Waals surface area contributed by atoms with E-state index in [-0.39, 0.29) is 36.7 Å². The van der Waals surface area contributed by atoms with Crippen molar-refractivity contribution in [2.75, 3.05) is 12.5 Å². The van der Waals surface area contributed by atoms with Crippen molar-refractivity contribution in [1.82, 2.24) is 15.4 Å². The molecule has 10 heteroatoms. The lowest BCUT2D eigenvalue weighted by Gasteiger charge is -2.27. The predicted molar refractivity (Wildman–Crippen MR) is 99.3 cm³/mol. The van der Waals surface area contributed by atoms with Gasteiger partial charge >= 0.3 is 5.97 Å². The summed E-state index contributed by atoms with van der Waals surface area (Å²) < 4.78 is 31.2. The normalized spacial score (nSPS) is 16.6. The maximum absolute atomic E-state index is 13.2. The van der Waals surface area contributed by atoms with Crippen LogP contribution in [0, 0.1) is 12.8 Å². The zero-order valence-corrected chi connectivity index (χ0v) is 16.1. The number of benzene rings is 1. The summed E-state index contributed by atoms with van der Waals surface area (Å²) in [5.41, 5.74) is 6.92. The molecule has 28 heavy (non-hydrogen) atoms. The summed E-state index contributed by atoms with van der Waals surface area (Å²) in [4.78, 5) is 32.5. The Kier molecular flexibility index (Phi) is 5.64. The number of alkyl halides is 2. The molecule has 2 aromatic rings. The number of aryl methyl sites for hydroxylation is 1. The molecule has 0 saturated heterocycles. The number of esters is 1. The van der Waals surface area contributed by atoms with E-state index in [9.17, 15) is 18.4 Å². The Morgan fingerprint density at radius 3 is 2.50 bits per heavy atom. The van der Waals surface area contributed by atoms with Crippen molar-refractivity contribution in [2.45, 2.75) is 38.5 Å². The van der Waals surface area contributed by atoms with Crippen LogP contribution in [-0.4, -0.2) is 34.9 Å². The third-order valence-electron chi connectivity index (χ3n) is 4.77. The molecule has 0 aliphatic heterocycles. The molecule has 0 unspecified atom stereocenters. The number of nitrogens with zero attached hydrogens (tertiary/aromatic N) is 2. The first-order chi connectivity index (χ1) is 13.2. The van der Waals surface area contributed by atoms with E-state index in [1.54, 1.807) is 13.0 Å². The molecule has 0 atom stereocenters. The van der Waals surface area contributed by atoms with E-state index < -0.39 is 23.7 Å². The van der Waals surface area contributed by atoms with Gasteiger partial charge in [-0.2, -0.15) is 0 Å². The number of nitrogens with one attached hydrogen (secondary N) is 2. The molecular weight excluding hydrogens is 394 g/mol. The zero-order chi connectivity index (χ0) is 20.5. The van der Waals surface area contributed by atoms with E-state index in [4.69, 9.17) is 16.3 Å². The molecule has 1 amide bonds. The van der Waals surface area contributed by atoms with Crippen LogP contribution >= 0.6 is 11.6 Å². The van der Waals surface area contributed by atoms with E-state index in [2.05, 4.69) is 20.8 Å². The maximum Gasteiger partial charge on any atom is 0.338 e. The number of halogens is 3. The molecular formula is C18H19ClF2N4O3. The van der Waals surface area contributed by atoms with Gasteiger partial charge in [0.25, 0.3) is 0 Å². The highest BCUT2D eigenvalue weighted by Crippen LogP contribution is 2.36. The minimum absolute atomic E-state index is 0.0114. The van der Waals surface area contributed by atoms with Crippen molar-refractivity contribution in [3.63, 3.8) is 0 Å². The van der Waals surface area contributed by atoms with Crippen LogP contribution in [0.4, 0.5) is 14.6 Å². The second-order valence-electron chi connectivity index (χ2n) is 6.75. The van der Waals surface area contributed by atoms with Crippen LogP contribution in [0.1, 0.15) is 41.6 Å². The standard InChI is InChI=1S/C18H19ClF2N4O3/c1-9-7-12-13(8-11(9)17(27)28-2)22-14(19)15(23-12)24-25-16(26)10-3-5-18(20,21)6-4-10/h7-8,10H,3-6H2,1-2H3,(H,23,24)(H,25,26). The highest BCUT2D eigenvalue weighted by atomic mass is 35.5. The van der Waals surface area contributed by atoms with Crippen LogP contribution < -0.4 is 10.9 Å². The van der Waals surface area contributed by atoms with Crippen molar-refractivity contribution < 1.29 is 23.1 Å². The van der Waals surface area contributed by atoms with Crippen molar-refractivity contribution in [1.29, 1.82) is 0 Å². The lowest BCUT2D eigenvalue weighted by atomic mass is 9.86. The average Bonchev–Trinajstić information content (AvgIpc) is 2.65. The van der Waals surface area contributed by atoms with Gasteiger partial charge in [0.2, 0.25) is 11.8 Å². The molecule has 7 nitrogen and oxygen atoms in total. The largest absolute Gasteiger partial charge is 0.465 e. The van der Waals surface area contributed by atoms with Crippen molar-refractivity contribution in [3.05, 3.63) is 28.4 Å². The van der Waals surface area contributed by atoms with E-state index >= 15 is 0 Å². The van der Waals surface area contributed by atoms with Crippen molar-refractivity contribution in [2.24, 2.45) is 5.92 Å². The Bertz CT molecular complexity index is 929. The van der Waals surface area contributed by atoms with Gasteiger partial charge in [-0.3, -0.25) is 15.6 Å². The molecule has 1 aromatic heterocycles. The highest BCUT2D eigenvalue weighted by molar-refractivity contribution is 6.32. The number of hydrazine groups is 1. The van der Waals surface area contributed by atoms with E-state index in [0.717, 1.165) is 0 Å². The summed E-state index contributed by atoms with van der Waals surface area (Å²) in [6, 6.07) is 3.18. The van der Waals surface area contributed by atoms with Gasteiger partial charge in [0.05, 0.1) is 23.7 Å². The van der Waals surface area contributed by atoms with E-state index in [1.165, 1.54) is 13.2 Å². The number of aromatic nitrogens is 2. The molecule has 2 N–H and O–H groups in total. The second kappa shape index (κ2) is 7.83. The number of anilines is 1. The number of amides is 1. The lowest BCUT2D eigenvalue weighted by Crippen LogP contribution is -2.38. The number of hydrogen-bond donors (Lipinski definition) is 2. The number of carbonyl (C=O) groups excluding carboxylic acids is 2. The predicted octanol–water partition coefficient (Wildman–Crippen LogP) is 3.65. The van der Waals surface area contributed by atoms with Gasteiger partial charge in [0.1, 0.15) is 0 Å². The van der Waals surface area contributed by atoms with Crippen molar-refractivity contribution >= 4 is 40.3 Å². The molecule has 1 saturated carbocycles. The molecule has 1 aromatic carbocycles. The number of fused-ring (bicyclic) bond motifs is 1. The summed E-state index contributed by atoms with van der Waals surface area (Å²) in [6.45, 7) is 1.73. The molecule has 0 spiro atoms. The molecule has 0 radical (unpaired) electrons. The Labute approximate surface area is 164 Å². The second-order valence-corrected chi connectivity index (χ2v) is 7.11. The third-order valence-corrected chi connectivity index (χ3v) is 5.03. The monoisotopic (exact) mass is 412 g/mol. The molecule has 1 heterocycles. The number of ether oxygens (including phenoxy) is 1. The third kappa shape index (κ3) is 4.30. The average molecular weight is 413 g/mol. The summed E-state index contributed by atoms with van der Waals surface area (Å²) >= 11 is 6.11. The fourth-order valence-corrected chi connectivity index (χ4v) is 3.30. The van der Waals surface area contributed by atoms with Crippen LogP contribution in [0.2, 0.25) is 5.15 Å². The van der Waals surface area contributed by atoms with Crippen LogP contribution in [-0.2, 0) is 9.53 Å². The number of methoxy groups -OCH3 is 1. The molecule has 1 aliphatic rings. The van der Waals surface area contributed by atoms with Gasteiger partial charge in [-0.15, -0.1) is 0 Å². The topological polar surface area (TPSA) is 93.2 Å². The highest BCUT2D eigenvalue weighted by Gasteiger charge is 2.37. The summed E-state index contributed by atoms with van der Waals surface area (Å²) in [5, 5.41) is -0.0114. The number of hydrogen-bond acceptors (Lipinski definition) is 6. The van der Waals surface area contributed by atoms with Crippen molar-refractivity contribution in [3.8, 4) is 0 Å². The maximum atomic E-state index is 13.2. The first-order valence-corrected chi connectivity index (χ1v) is 9.08. The zero-order valence-electron chi connectivity index (χ0n) is 15.3. The van der Waals surface area contributed by atoms with Crippen LogP contribution in [0.15, 0.2) is 12.1 Å². The summed E-state index contributed by atoms with van der Waals surface area (Å²) in [5.74, 6) is -3.97. The Morgan fingerprint density at radius 1 is 1.21 bits per heavy atom. The number of carbonyl (C=O) groups is 2. The minimum atomic E-state index is -2.70. The van der Waals surface area contributed by atoms with Crippen LogP contribution in [0.25, 0.3) is 11.0 Å². The Morgan fingerprint density at radius 2 is 1.86 bits per heavy atom. The summed E-state index contributed by atoms with van der Waals surface area (Å²) in [6.07, 6.45) is -0.368. The molecule has 1 aliphatic carbocycles. The minimum Gasteiger partial charge on any atom is -0.465 e. The first kappa shape index (κ1) is 20.2. The first-order valence-electron chi connectivity index (χ1n) is 8.70. The summed E-state index contributed by atoms with van der Waals surface area (Å²) in [7, 11) is 1.29. The molecule has 1 fully saturated rings. The van der Waals surface area contributed by atoms with E-state index in [1.807, 2.05) is 0 Å². The van der Waals surface area contributed by atoms with E-state index in [0.29, 0.717) is 22.2 Å². The number of rotatable bonds is 4.